The van der Waals surface area contributed by atoms with Crippen LogP contribution in [0.1, 0.15) is 17.5 Å². The smallest absolute Gasteiger partial charge is 0.000835 e. The van der Waals surface area contributed by atoms with Gasteiger partial charge in [0.25, 0.3) is 0 Å². The van der Waals surface area contributed by atoms with Gasteiger partial charge in [0.1, 0.15) is 0 Å². The van der Waals surface area contributed by atoms with Gasteiger partial charge in [0, 0.05) is 0 Å². The van der Waals surface area contributed by atoms with Crippen LogP contribution >= 0.6 is 0 Å². The topological polar surface area (TPSA) is 12.0 Å². The Kier molecular flexibility index (Phi) is 5.22. The van der Waals surface area contributed by atoms with E-state index in [1.54, 1.807) is 0 Å². The predicted molar refractivity (Wildman–Crippen MR) is 95.3 cm³/mol. The molecule has 0 atom stereocenters. The van der Waals surface area contributed by atoms with Crippen LogP contribution in [0, 0.1) is 0 Å². The summed E-state index contributed by atoms with van der Waals surface area (Å²) in [6.07, 6.45) is 3.45. The molecule has 1 nitrogen and oxygen atoms in total. The van der Waals surface area contributed by atoms with Crippen molar-refractivity contribution in [3.05, 3.63) is 83.9 Å². The third-order valence-electron chi connectivity index (χ3n) is 4.07. The van der Waals surface area contributed by atoms with Gasteiger partial charge in [0.05, 0.1) is 0 Å². The normalized spacial score (nSPS) is 10.9. The van der Waals surface area contributed by atoms with Crippen molar-refractivity contribution in [2.45, 2.75) is 19.3 Å². The molecule has 0 aromatic heterocycles. The number of nitrogens with one attached hydrogen (secondary N) is 1. The van der Waals surface area contributed by atoms with Gasteiger partial charge in [0.2, 0.25) is 0 Å². The minimum absolute atomic E-state index is 1.05. The highest BCUT2D eigenvalue weighted by molar-refractivity contribution is 5.82. The minimum atomic E-state index is 1.05. The Morgan fingerprint density at radius 2 is 1.36 bits per heavy atom. The quantitative estimate of drug-likeness (QED) is 0.627. The van der Waals surface area contributed by atoms with Crippen molar-refractivity contribution in [1.29, 1.82) is 0 Å². The van der Waals surface area contributed by atoms with Crippen LogP contribution in [0.2, 0.25) is 0 Å². The Labute approximate surface area is 133 Å². The van der Waals surface area contributed by atoms with Crippen LogP contribution in [-0.4, -0.2) is 13.1 Å². The van der Waals surface area contributed by atoms with Gasteiger partial charge in [-0.3, -0.25) is 0 Å². The van der Waals surface area contributed by atoms with Crippen LogP contribution < -0.4 is 5.32 Å². The predicted octanol–water partition coefficient (Wildman–Crippen LogP) is 4.60. The van der Waals surface area contributed by atoms with Gasteiger partial charge in [-0.2, -0.15) is 0 Å². The van der Waals surface area contributed by atoms with E-state index in [1.165, 1.54) is 28.3 Å². The van der Waals surface area contributed by atoms with E-state index < -0.39 is 0 Å². The SMILES string of the molecule is c1ccc(CCCNCCc2ccc3ccccc3c2)cc1. The molecule has 0 fully saturated rings. The molecule has 0 aliphatic heterocycles. The molecular weight excluding hydrogens is 266 g/mol. The monoisotopic (exact) mass is 289 g/mol. The molecule has 0 amide bonds. The fourth-order valence-electron chi connectivity index (χ4n) is 2.81. The summed E-state index contributed by atoms with van der Waals surface area (Å²) in [6.45, 7) is 2.13. The molecule has 1 heteroatoms. The maximum absolute atomic E-state index is 3.55. The Hall–Kier alpha value is -2.12. The van der Waals surface area contributed by atoms with E-state index in [1.807, 2.05) is 0 Å². The minimum Gasteiger partial charge on any atom is -0.316 e. The van der Waals surface area contributed by atoms with Gasteiger partial charge >= 0.3 is 0 Å². The lowest BCUT2D eigenvalue weighted by Crippen LogP contribution is -2.19. The molecule has 0 radical (unpaired) electrons. The van der Waals surface area contributed by atoms with E-state index in [2.05, 4.69) is 78.1 Å². The average molecular weight is 289 g/mol. The highest BCUT2D eigenvalue weighted by Gasteiger charge is 1.97. The summed E-state index contributed by atoms with van der Waals surface area (Å²) in [5.41, 5.74) is 2.84. The molecule has 3 aromatic carbocycles. The number of hydrogen-bond acceptors (Lipinski definition) is 1. The van der Waals surface area contributed by atoms with E-state index in [9.17, 15) is 0 Å². The molecule has 1 N–H and O–H groups in total. The van der Waals surface area contributed by atoms with Gasteiger partial charge in [-0.25, -0.2) is 0 Å². The van der Waals surface area contributed by atoms with E-state index in [-0.39, 0.29) is 0 Å². The largest absolute Gasteiger partial charge is 0.316 e. The summed E-state index contributed by atoms with van der Waals surface area (Å²) in [5, 5.41) is 6.21. The van der Waals surface area contributed by atoms with E-state index in [4.69, 9.17) is 0 Å². The molecule has 112 valence electrons. The van der Waals surface area contributed by atoms with Crippen LogP contribution in [0.4, 0.5) is 0 Å². The molecule has 3 rings (SSSR count). The summed E-state index contributed by atoms with van der Waals surface area (Å²) < 4.78 is 0. The van der Waals surface area contributed by atoms with Crippen molar-refractivity contribution in [3.8, 4) is 0 Å². The van der Waals surface area contributed by atoms with Gasteiger partial charge in [0.15, 0.2) is 0 Å². The number of benzene rings is 3. The van der Waals surface area contributed by atoms with E-state index in [0.29, 0.717) is 0 Å². The van der Waals surface area contributed by atoms with Gasteiger partial charge in [-0.1, -0.05) is 72.8 Å². The van der Waals surface area contributed by atoms with Crippen LogP contribution in [0.3, 0.4) is 0 Å². The second-order valence-corrected chi connectivity index (χ2v) is 5.77. The number of rotatable bonds is 7. The summed E-state index contributed by atoms with van der Waals surface area (Å²) in [6, 6.07) is 26.0. The second kappa shape index (κ2) is 7.77. The molecular formula is C21H23N. The number of hydrogen-bond donors (Lipinski definition) is 1. The number of aryl methyl sites for hydroxylation is 1. The fraction of sp³-hybridized carbons (Fsp3) is 0.238. The average Bonchev–Trinajstić information content (AvgIpc) is 2.59. The van der Waals surface area contributed by atoms with Gasteiger partial charge in [-0.15, -0.1) is 0 Å². The van der Waals surface area contributed by atoms with Gasteiger partial charge in [-0.05, 0) is 54.3 Å². The van der Waals surface area contributed by atoms with Crippen LogP contribution in [0.5, 0.6) is 0 Å². The Morgan fingerprint density at radius 1 is 0.591 bits per heavy atom. The molecule has 22 heavy (non-hydrogen) atoms. The third kappa shape index (κ3) is 4.19. The molecule has 0 heterocycles. The first kappa shape index (κ1) is 14.8. The summed E-state index contributed by atoms with van der Waals surface area (Å²) >= 11 is 0. The molecule has 0 unspecified atom stereocenters. The van der Waals surface area contributed by atoms with Crippen molar-refractivity contribution in [2.75, 3.05) is 13.1 Å². The van der Waals surface area contributed by atoms with Crippen molar-refractivity contribution in [3.63, 3.8) is 0 Å². The lowest BCUT2D eigenvalue weighted by molar-refractivity contribution is 0.648. The fourth-order valence-corrected chi connectivity index (χ4v) is 2.81. The maximum Gasteiger partial charge on any atom is -0.000835 e. The lowest BCUT2D eigenvalue weighted by atomic mass is 10.1. The maximum atomic E-state index is 3.55. The first-order valence-corrected chi connectivity index (χ1v) is 8.14. The molecule has 0 bridgehead atoms. The highest BCUT2D eigenvalue weighted by Crippen LogP contribution is 2.15. The molecule has 0 spiro atoms. The highest BCUT2D eigenvalue weighted by atomic mass is 14.8. The van der Waals surface area contributed by atoms with Crippen molar-refractivity contribution in [2.24, 2.45) is 0 Å². The van der Waals surface area contributed by atoms with Crippen molar-refractivity contribution < 1.29 is 0 Å². The van der Waals surface area contributed by atoms with Crippen LogP contribution in [0.25, 0.3) is 10.8 Å². The Morgan fingerprint density at radius 3 is 2.23 bits per heavy atom. The summed E-state index contributed by atoms with van der Waals surface area (Å²) in [5.74, 6) is 0. The first-order chi connectivity index (χ1) is 10.9. The Bertz CT molecular complexity index is 703. The summed E-state index contributed by atoms with van der Waals surface area (Å²) in [7, 11) is 0. The number of fused-ring (bicyclic) bond motifs is 1. The summed E-state index contributed by atoms with van der Waals surface area (Å²) in [4.78, 5) is 0. The molecule has 0 saturated heterocycles. The molecule has 0 saturated carbocycles. The lowest BCUT2D eigenvalue weighted by Gasteiger charge is -2.06. The molecule has 0 aliphatic rings. The Balaban J connectivity index is 1.39. The molecule has 3 aromatic rings. The van der Waals surface area contributed by atoms with Crippen LogP contribution in [-0.2, 0) is 12.8 Å². The third-order valence-corrected chi connectivity index (χ3v) is 4.07. The van der Waals surface area contributed by atoms with Crippen molar-refractivity contribution in [1.82, 2.24) is 5.32 Å². The second-order valence-electron chi connectivity index (χ2n) is 5.77. The van der Waals surface area contributed by atoms with E-state index >= 15 is 0 Å². The zero-order chi connectivity index (χ0) is 15.0. The zero-order valence-corrected chi connectivity index (χ0v) is 13.0. The zero-order valence-electron chi connectivity index (χ0n) is 13.0. The first-order valence-electron chi connectivity index (χ1n) is 8.14. The van der Waals surface area contributed by atoms with Crippen molar-refractivity contribution >= 4 is 10.8 Å². The van der Waals surface area contributed by atoms with Crippen LogP contribution in [0.15, 0.2) is 72.8 Å². The van der Waals surface area contributed by atoms with E-state index in [0.717, 1.165) is 25.9 Å². The molecule has 0 aliphatic carbocycles. The van der Waals surface area contributed by atoms with Gasteiger partial charge < -0.3 is 5.32 Å². The standard InChI is InChI=1S/C21H23N/c1-2-7-18(8-3-1)9-6-15-22-16-14-19-12-13-20-10-4-5-11-21(20)17-19/h1-5,7-8,10-13,17,22H,6,9,14-16H2.